The van der Waals surface area contributed by atoms with Gasteiger partial charge in [0.15, 0.2) is 0 Å². The van der Waals surface area contributed by atoms with E-state index in [-0.39, 0.29) is 6.04 Å². The van der Waals surface area contributed by atoms with Crippen molar-refractivity contribution in [2.75, 3.05) is 6.54 Å². The third-order valence-electron chi connectivity index (χ3n) is 3.55. The standard InChI is InChI=1S/C15H20F3N/c1-2-9-19-14(10-11-3-4-11)12-5-7-13(8-6-12)15(16,17)18/h5-8,11,14,19H,2-4,9-10H2,1H3. The number of rotatable bonds is 6. The fourth-order valence-corrected chi connectivity index (χ4v) is 2.25. The van der Waals surface area contributed by atoms with Gasteiger partial charge in [0.05, 0.1) is 5.56 Å². The lowest BCUT2D eigenvalue weighted by Crippen LogP contribution is -2.22. The molecule has 1 aromatic rings. The summed E-state index contributed by atoms with van der Waals surface area (Å²) in [5, 5.41) is 3.43. The van der Waals surface area contributed by atoms with Gasteiger partial charge in [-0.15, -0.1) is 0 Å². The maximum atomic E-state index is 12.5. The molecular formula is C15H20F3N. The first kappa shape index (κ1) is 14.4. The van der Waals surface area contributed by atoms with Gasteiger partial charge in [0.1, 0.15) is 0 Å². The van der Waals surface area contributed by atoms with E-state index in [1.165, 1.54) is 25.0 Å². The van der Waals surface area contributed by atoms with Gasteiger partial charge in [-0.25, -0.2) is 0 Å². The zero-order chi connectivity index (χ0) is 13.9. The molecule has 1 atom stereocenters. The van der Waals surface area contributed by atoms with Crippen molar-refractivity contribution in [3.05, 3.63) is 35.4 Å². The fourth-order valence-electron chi connectivity index (χ4n) is 2.25. The van der Waals surface area contributed by atoms with Crippen molar-refractivity contribution in [3.8, 4) is 0 Å². The van der Waals surface area contributed by atoms with Gasteiger partial charge in [0.2, 0.25) is 0 Å². The highest BCUT2D eigenvalue weighted by Gasteiger charge is 2.31. The molecule has 1 aromatic carbocycles. The Kier molecular flexibility index (Phi) is 4.50. The largest absolute Gasteiger partial charge is 0.416 e. The van der Waals surface area contributed by atoms with Crippen LogP contribution >= 0.6 is 0 Å². The molecule has 1 aliphatic carbocycles. The highest BCUT2D eigenvalue weighted by Crippen LogP contribution is 2.38. The van der Waals surface area contributed by atoms with E-state index in [1.54, 1.807) is 12.1 Å². The van der Waals surface area contributed by atoms with E-state index in [0.29, 0.717) is 0 Å². The summed E-state index contributed by atoms with van der Waals surface area (Å²) in [7, 11) is 0. The minimum absolute atomic E-state index is 0.190. The average molecular weight is 271 g/mol. The van der Waals surface area contributed by atoms with E-state index in [0.717, 1.165) is 30.9 Å². The van der Waals surface area contributed by atoms with Crippen LogP contribution < -0.4 is 5.32 Å². The third-order valence-corrected chi connectivity index (χ3v) is 3.55. The van der Waals surface area contributed by atoms with Crippen molar-refractivity contribution in [2.45, 2.75) is 44.8 Å². The van der Waals surface area contributed by atoms with Gasteiger partial charge in [-0.2, -0.15) is 13.2 Å². The van der Waals surface area contributed by atoms with Crippen molar-refractivity contribution < 1.29 is 13.2 Å². The van der Waals surface area contributed by atoms with Gasteiger partial charge < -0.3 is 5.32 Å². The number of hydrogen-bond donors (Lipinski definition) is 1. The molecule has 2 rings (SSSR count). The Bertz CT molecular complexity index is 393. The molecule has 0 spiro atoms. The number of alkyl halides is 3. The first-order valence-corrected chi connectivity index (χ1v) is 6.91. The predicted molar refractivity (Wildman–Crippen MR) is 69.8 cm³/mol. The maximum Gasteiger partial charge on any atom is 0.416 e. The fraction of sp³-hybridized carbons (Fsp3) is 0.600. The molecule has 1 saturated carbocycles. The van der Waals surface area contributed by atoms with Crippen LogP contribution in [0.4, 0.5) is 13.2 Å². The Hall–Kier alpha value is -1.03. The molecule has 0 bridgehead atoms. The van der Waals surface area contributed by atoms with E-state index < -0.39 is 11.7 Å². The van der Waals surface area contributed by atoms with Crippen molar-refractivity contribution >= 4 is 0 Å². The topological polar surface area (TPSA) is 12.0 Å². The van der Waals surface area contributed by atoms with Crippen molar-refractivity contribution in [3.63, 3.8) is 0 Å². The SMILES string of the molecule is CCCNC(CC1CC1)c1ccc(C(F)(F)F)cc1. The normalized spacial score (nSPS) is 17.5. The van der Waals surface area contributed by atoms with E-state index >= 15 is 0 Å². The van der Waals surface area contributed by atoms with Crippen LogP contribution in [-0.4, -0.2) is 6.54 Å². The highest BCUT2D eigenvalue weighted by atomic mass is 19.4. The van der Waals surface area contributed by atoms with Crippen LogP contribution in [0.3, 0.4) is 0 Å². The zero-order valence-corrected chi connectivity index (χ0v) is 11.1. The Labute approximate surface area is 112 Å². The van der Waals surface area contributed by atoms with Crippen LogP contribution in [0.5, 0.6) is 0 Å². The van der Waals surface area contributed by atoms with Crippen LogP contribution in [0.25, 0.3) is 0 Å². The van der Waals surface area contributed by atoms with Gasteiger partial charge in [0.25, 0.3) is 0 Å². The minimum Gasteiger partial charge on any atom is -0.310 e. The molecule has 1 nitrogen and oxygen atoms in total. The Morgan fingerprint density at radius 1 is 1.21 bits per heavy atom. The molecule has 1 fully saturated rings. The molecule has 0 saturated heterocycles. The smallest absolute Gasteiger partial charge is 0.310 e. The van der Waals surface area contributed by atoms with E-state index in [9.17, 15) is 13.2 Å². The predicted octanol–water partition coefficient (Wildman–Crippen LogP) is 4.55. The molecule has 4 heteroatoms. The second-order valence-corrected chi connectivity index (χ2v) is 5.31. The molecule has 0 heterocycles. The highest BCUT2D eigenvalue weighted by molar-refractivity contribution is 5.27. The van der Waals surface area contributed by atoms with Gasteiger partial charge >= 0.3 is 6.18 Å². The van der Waals surface area contributed by atoms with Crippen LogP contribution in [0.1, 0.15) is 49.8 Å². The summed E-state index contributed by atoms with van der Waals surface area (Å²) < 4.78 is 37.6. The molecule has 0 radical (unpaired) electrons. The first-order chi connectivity index (χ1) is 9.00. The van der Waals surface area contributed by atoms with Crippen molar-refractivity contribution in [2.24, 2.45) is 5.92 Å². The van der Waals surface area contributed by atoms with Gasteiger partial charge in [-0.05, 0) is 43.0 Å². The lowest BCUT2D eigenvalue weighted by atomic mass is 9.99. The maximum absolute atomic E-state index is 12.5. The Morgan fingerprint density at radius 3 is 2.32 bits per heavy atom. The Balaban J connectivity index is 2.07. The summed E-state index contributed by atoms with van der Waals surface area (Å²) in [6.45, 7) is 2.99. The van der Waals surface area contributed by atoms with E-state index in [2.05, 4.69) is 12.2 Å². The summed E-state index contributed by atoms with van der Waals surface area (Å²) in [6, 6.07) is 5.78. The quantitative estimate of drug-likeness (QED) is 0.800. The van der Waals surface area contributed by atoms with Gasteiger partial charge in [-0.1, -0.05) is 31.9 Å². The summed E-state index contributed by atoms with van der Waals surface area (Å²) >= 11 is 0. The third kappa shape index (κ3) is 4.23. The summed E-state index contributed by atoms with van der Waals surface area (Å²) in [4.78, 5) is 0. The lowest BCUT2D eigenvalue weighted by Gasteiger charge is -2.19. The van der Waals surface area contributed by atoms with Crippen molar-refractivity contribution in [1.29, 1.82) is 0 Å². The van der Waals surface area contributed by atoms with Gasteiger partial charge in [-0.3, -0.25) is 0 Å². The monoisotopic (exact) mass is 271 g/mol. The van der Waals surface area contributed by atoms with Gasteiger partial charge in [0, 0.05) is 6.04 Å². The minimum atomic E-state index is -4.25. The number of benzene rings is 1. The molecule has 1 aliphatic rings. The first-order valence-electron chi connectivity index (χ1n) is 6.91. The number of hydrogen-bond acceptors (Lipinski definition) is 1. The van der Waals surface area contributed by atoms with Crippen LogP contribution in [0.2, 0.25) is 0 Å². The molecule has 0 aliphatic heterocycles. The van der Waals surface area contributed by atoms with Crippen LogP contribution in [0, 0.1) is 5.92 Å². The molecule has 106 valence electrons. The second kappa shape index (κ2) is 5.95. The van der Waals surface area contributed by atoms with E-state index in [4.69, 9.17) is 0 Å². The zero-order valence-electron chi connectivity index (χ0n) is 11.1. The second-order valence-electron chi connectivity index (χ2n) is 5.31. The van der Waals surface area contributed by atoms with Crippen LogP contribution in [-0.2, 0) is 6.18 Å². The molecule has 0 aromatic heterocycles. The number of halogens is 3. The van der Waals surface area contributed by atoms with Crippen LogP contribution in [0.15, 0.2) is 24.3 Å². The lowest BCUT2D eigenvalue weighted by molar-refractivity contribution is -0.137. The summed E-state index contributed by atoms with van der Waals surface area (Å²) in [6.07, 6.45) is 0.324. The summed E-state index contributed by atoms with van der Waals surface area (Å²) in [5.74, 6) is 0.747. The summed E-state index contributed by atoms with van der Waals surface area (Å²) in [5.41, 5.74) is 0.394. The molecule has 19 heavy (non-hydrogen) atoms. The number of nitrogens with one attached hydrogen (secondary N) is 1. The molecule has 1 unspecified atom stereocenters. The van der Waals surface area contributed by atoms with E-state index in [1.807, 2.05) is 0 Å². The molecule has 0 amide bonds. The van der Waals surface area contributed by atoms with Crippen molar-refractivity contribution in [1.82, 2.24) is 5.32 Å². The molecule has 1 N–H and O–H groups in total. The molecular weight excluding hydrogens is 251 g/mol. The Morgan fingerprint density at radius 2 is 1.84 bits per heavy atom. The average Bonchev–Trinajstić information content (AvgIpc) is 3.17.